The van der Waals surface area contributed by atoms with Crippen LogP contribution in [0, 0.1) is 0 Å². The van der Waals surface area contributed by atoms with Gasteiger partial charge in [-0.15, -0.1) is 0 Å². The van der Waals surface area contributed by atoms with Crippen LogP contribution in [0.4, 0.5) is 16.4 Å². The van der Waals surface area contributed by atoms with Gasteiger partial charge < -0.3 is 15.0 Å². The van der Waals surface area contributed by atoms with Crippen molar-refractivity contribution in [2.75, 3.05) is 12.4 Å². The molecule has 2 aromatic heterocycles. The van der Waals surface area contributed by atoms with Crippen LogP contribution < -0.4 is 5.32 Å². The number of aromatic amines is 1. The van der Waals surface area contributed by atoms with Gasteiger partial charge in [0.1, 0.15) is 11.4 Å². The molecule has 0 aliphatic heterocycles. The molecule has 0 unspecified atom stereocenters. The SMILES string of the molecule is CN(Cc1ccc(-c2nc(Nc3cc(C4CC4)[nH]n3)c3ccccc3n2)cc1)C(=O)OC(C)(C)C. The molecule has 8 nitrogen and oxygen atoms in total. The number of hydrogen-bond donors (Lipinski definition) is 2. The van der Waals surface area contributed by atoms with Crippen molar-refractivity contribution >= 4 is 28.6 Å². The molecule has 1 aliphatic carbocycles. The number of anilines is 2. The van der Waals surface area contributed by atoms with Gasteiger partial charge in [-0.3, -0.25) is 5.10 Å². The number of nitrogens with zero attached hydrogens (tertiary/aromatic N) is 4. The molecular formula is C27H30N6O2. The van der Waals surface area contributed by atoms with Gasteiger partial charge in [-0.25, -0.2) is 14.8 Å². The number of para-hydroxylation sites is 1. The second-order valence-corrected chi connectivity index (χ2v) is 10.1. The number of nitrogens with one attached hydrogen (secondary N) is 2. The summed E-state index contributed by atoms with van der Waals surface area (Å²) in [6.07, 6.45) is 2.08. The van der Waals surface area contributed by atoms with Crippen molar-refractivity contribution in [1.29, 1.82) is 0 Å². The van der Waals surface area contributed by atoms with E-state index in [2.05, 4.69) is 21.6 Å². The zero-order valence-corrected chi connectivity index (χ0v) is 20.5. The van der Waals surface area contributed by atoms with Gasteiger partial charge in [-0.1, -0.05) is 36.4 Å². The van der Waals surface area contributed by atoms with E-state index in [1.54, 1.807) is 11.9 Å². The van der Waals surface area contributed by atoms with E-state index in [9.17, 15) is 4.79 Å². The average Bonchev–Trinajstić information content (AvgIpc) is 3.57. The van der Waals surface area contributed by atoms with Gasteiger partial charge in [0.15, 0.2) is 11.6 Å². The van der Waals surface area contributed by atoms with Crippen molar-refractivity contribution in [3.63, 3.8) is 0 Å². The molecule has 0 radical (unpaired) electrons. The van der Waals surface area contributed by atoms with Crippen LogP contribution >= 0.6 is 0 Å². The first-order valence-corrected chi connectivity index (χ1v) is 11.9. The summed E-state index contributed by atoms with van der Waals surface area (Å²) in [6.45, 7) is 6.03. The Balaban J connectivity index is 1.37. The first-order chi connectivity index (χ1) is 16.7. The fourth-order valence-corrected chi connectivity index (χ4v) is 3.86. The minimum absolute atomic E-state index is 0.349. The number of H-pyrrole nitrogens is 1. The quantitative estimate of drug-likeness (QED) is 0.358. The molecule has 0 saturated heterocycles. The van der Waals surface area contributed by atoms with Gasteiger partial charge in [-0.05, 0) is 51.3 Å². The van der Waals surface area contributed by atoms with Crippen molar-refractivity contribution in [2.24, 2.45) is 0 Å². The van der Waals surface area contributed by atoms with E-state index in [-0.39, 0.29) is 6.09 Å². The molecule has 2 aromatic carbocycles. The number of carbonyl (C=O) groups excluding carboxylic acids is 1. The summed E-state index contributed by atoms with van der Waals surface area (Å²) in [5.74, 6) is 2.69. The van der Waals surface area contributed by atoms with Crippen LogP contribution in [0.25, 0.3) is 22.3 Å². The Hall–Kier alpha value is -3.94. The number of ether oxygens (including phenoxy) is 1. The maximum absolute atomic E-state index is 12.3. The van der Waals surface area contributed by atoms with E-state index in [4.69, 9.17) is 14.7 Å². The summed E-state index contributed by atoms with van der Waals surface area (Å²) >= 11 is 0. The van der Waals surface area contributed by atoms with E-state index in [1.807, 2.05) is 69.3 Å². The molecule has 0 spiro atoms. The summed E-state index contributed by atoms with van der Waals surface area (Å²) < 4.78 is 5.44. The van der Waals surface area contributed by atoms with Crippen LogP contribution in [-0.2, 0) is 11.3 Å². The molecule has 0 bridgehead atoms. The van der Waals surface area contributed by atoms with E-state index < -0.39 is 5.60 Å². The molecule has 180 valence electrons. The predicted octanol–water partition coefficient (Wildman–Crippen LogP) is 6.01. The number of rotatable bonds is 6. The standard InChI is InChI=1S/C27H30N6O2/c1-27(2,3)35-26(34)33(4)16-17-9-11-19(12-10-17)24-28-21-8-6-5-7-20(21)25(30-24)29-23-15-22(31-32-23)18-13-14-18/h5-12,15,18H,13-14,16H2,1-4H3,(H2,28,29,30,31,32). The Morgan fingerprint density at radius 1 is 1.11 bits per heavy atom. The van der Waals surface area contributed by atoms with Gasteiger partial charge in [0.25, 0.3) is 0 Å². The van der Waals surface area contributed by atoms with Crippen molar-refractivity contribution in [3.05, 3.63) is 65.9 Å². The van der Waals surface area contributed by atoms with Gasteiger partial charge >= 0.3 is 6.09 Å². The fourth-order valence-electron chi connectivity index (χ4n) is 3.86. The molecule has 1 aliphatic rings. The molecule has 2 N–H and O–H groups in total. The lowest BCUT2D eigenvalue weighted by atomic mass is 10.1. The van der Waals surface area contributed by atoms with Crippen LogP contribution in [0.15, 0.2) is 54.6 Å². The summed E-state index contributed by atoms with van der Waals surface area (Å²) in [6, 6.07) is 17.9. The topological polar surface area (TPSA) is 96.0 Å². The monoisotopic (exact) mass is 470 g/mol. The Morgan fingerprint density at radius 2 is 1.86 bits per heavy atom. The predicted molar refractivity (Wildman–Crippen MR) is 137 cm³/mol. The second kappa shape index (κ2) is 9.02. The van der Waals surface area contributed by atoms with Crippen LogP contribution in [0.3, 0.4) is 0 Å². The molecule has 0 atom stereocenters. The summed E-state index contributed by atoms with van der Waals surface area (Å²) in [7, 11) is 1.73. The third kappa shape index (κ3) is 5.42. The summed E-state index contributed by atoms with van der Waals surface area (Å²) in [4.78, 5) is 23.5. The first kappa shape index (κ1) is 22.8. The molecule has 5 rings (SSSR count). The van der Waals surface area contributed by atoms with Crippen molar-refractivity contribution in [3.8, 4) is 11.4 Å². The van der Waals surface area contributed by atoms with Gasteiger partial charge in [0.05, 0.1) is 5.52 Å². The van der Waals surface area contributed by atoms with Crippen LogP contribution in [-0.4, -0.2) is 43.8 Å². The van der Waals surface area contributed by atoms with Crippen molar-refractivity contribution in [2.45, 2.75) is 51.7 Å². The molecule has 1 amide bonds. The van der Waals surface area contributed by atoms with E-state index in [0.29, 0.717) is 24.1 Å². The zero-order chi connectivity index (χ0) is 24.6. The Morgan fingerprint density at radius 3 is 2.57 bits per heavy atom. The largest absolute Gasteiger partial charge is 0.444 e. The number of carbonyl (C=O) groups is 1. The maximum Gasteiger partial charge on any atom is 0.410 e. The minimum atomic E-state index is -0.524. The Bertz CT molecular complexity index is 1350. The number of hydrogen-bond acceptors (Lipinski definition) is 6. The lowest BCUT2D eigenvalue weighted by molar-refractivity contribution is 0.0285. The molecule has 1 fully saturated rings. The van der Waals surface area contributed by atoms with Crippen molar-refractivity contribution < 1.29 is 9.53 Å². The van der Waals surface area contributed by atoms with Crippen LogP contribution in [0.5, 0.6) is 0 Å². The molecule has 2 heterocycles. The number of amides is 1. The number of fused-ring (bicyclic) bond motifs is 1. The van der Waals surface area contributed by atoms with Crippen molar-refractivity contribution in [1.82, 2.24) is 25.1 Å². The van der Waals surface area contributed by atoms with E-state index in [1.165, 1.54) is 12.8 Å². The zero-order valence-electron chi connectivity index (χ0n) is 20.5. The lowest BCUT2D eigenvalue weighted by Crippen LogP contribution is -2.33. The van der Waals surface area contributed by atoms with E-state index >= 15 is 0 Å². The molecule has 35 heavy (non-hydrogen) atoms. The lowest BCUT2D eigenvalue weighted by Gasteiger charge is -2.24. The molecule has 8 heteroatoms. The van der Waals surface area contributed by atoms with E-state index in [0.717, 1.165) is 33.5 Å². The highest BCUT2D eigenvalue weighted by Crippen LogP contribution is 2.40. The Labute approximate surface area is 204 Å². The highest BCUT2D eigenvalue weighted by Gasteiger charge is 2.25. The summed E-state index contributed by atoms with van der Waals surface area (Å²) in [5.41, 5.74) is 3.38. The highest BCUT2D eigenvalue weighted by molar-refractivity contribution is 5.92. The molecule has 4 aromatic rings. The Kier molecular flexibility index (Phi) is 5.88. The number of benzene rings is 2. The smallest absolute Gasteiger partial charge is 0.410 e. The third-order valence-corrected chi connectivity index (χ3v) is 5.80. The van der Waals surface area contributed by atoms with Crippen LogP contribution in [0.1, 0.15) is 50.8 Å². The normalized spacial score (nSPS) is 13.6. The minimum Gasteiger partial charge on any atom is -0.444 e. The highest BCUT2D eigenvalue weighted by atomic mass is 16.6. The van der Waals surface area contributed by atoms with Gasteiger partial charge in [0, 0.05) is 42.2 Å². The van der Waals surface area contributed by atoms with Crippen LogP contribution in [0.2, 0.25) is 0 Å². The van der Waals surface area contributed by atoms with Gasteiger partial charge in [-0.2, -0.15) is 5.10 Å². The third-order valence-electron chi connectivity index (χ3n) is 5.80. The summed E-state index contributed by atoms with van der Waals surface area (Å²) in [5, 5.41) is 11.9. The maximum atomic E-state index is 12.3. The fraction of sp³-hybridized carbons (Fsp3) is 0.333. The number of aromatic nitrogens is 4. The second-order valence-electron chi connectivity index (χ2n) is 10.1. The van der Waals surface area contributed by atoms with Gasteiger partial charge in [0.2, 0.25) is 0 Å². The average molecular weight is 471 g/mol. The molecular weight excluding hydrogens is 440 g/mol. The first-order valence-electron chi connectivity index (χ1n) is 11.9. The molecule has 1 saturated carbocycles.